The van der Waals surface area contributed by atoms with Crippen LogP contribution in [0.25, 0.3) is 5.69 Å². The quantitative estimate of drug-likeness (QED) is 0.883. The molecule has 0 saturated heterocycles. The Balaban J connectivity index is 2.27. The maximum atomic E-state index is 12.7. The molecule has 4 nitrogen and oxygen atoms in total. The number of thioether (sulfide) groups is 1. The van der Waals surface area contributed by atoms with Crippen LogP contribution in [0.2, 0.25) is 0 Å². The molecule has 0 aliphatic carbocycles. The third-order valence-corrected chi connectivity index (χ3v) is 3.64. The lowest BCUT2D eigenvalue weighted by atomic mass is 10.2. The van der Waals surface area contributed by atoms with Gasteiger partial charge < -0.3 is 5.32 Å². The van der Waals surface area contributed by atoms with Crippen molar-refractivity contribution in [1.82, 2.24) is 14.9 Å². The Hall–Kier alpha value is -1.96. The van der Waals surface area contributed by atoms with Crippen molar-refractivity contribution >= 4 is 17.7 Å². The van der Waals surface area contributed by atoms with Crippen LogP contribution in [0.3, 0.4) is 0 Å². The van der Waals surface area contributed by atoms with Crippen molar-refractivity contribution in [2.45, 2.75) is 11.3 Å². The predicted octanol–water partition coefficient (Wildman–Crippen LogP) is 2.73. The van der Waals surface area contributed by atoms with Crippen LogP contribution < -0.4 is 5.32 Å². The molecule has 1 aromatic heterocycles. The Kier molecular flexibility index (Phi) is 4.56. The monoisotopic (exact) mass is 315 g/mol. The number of carbonyl (C=O) groups is 1. The maximum Gasteiger partial charge on any atom is 0.416 e. The predicted molar refractivity (Wildman–Crippen MR) is 73.4 cm³/mol. The Morgan fingerprint density at radius 2 is 2.19 bits per heavy atom. The number of aromatic nitrogens is 2. The molecule has 0 unspecified atom stereocenters. The number of amides is 1. The van der Waals surface area contributed by atoms with Gasteiger partial charge in [-0.05, 0) is 18.2 Å². The lowest BCUT2D eigenvalue weighted by Gasteiger charge is -2.11. The van der Waals surface area contributed by atoms with E-state index in [4.69, 9.17) is 0 Å². The van der Waals surface area contributed by atoms with Crippen molar-refractivity contribution < 1.29 is 18.0 Å². The molecule has 2 rings (SSSR count). The Bertz CT molecular complexity index is 640. The standard InChI is InChI=1S/C13H12F3N3OS/c1-17-11(20)8-21-12-18-5-6-19(12)10-4-2-3-9(7-10)13(14,15)16/h2-7H,8H2,1H3,(H,17,20). The molecule has 0 fully saturated rings. The molecular formula is C13H12F3N3OS. The summed E-state index contributed by atoms with van der Waals surface area (Å²) in [5.41, 5.74) is -0.377. The van der Waals surface area contributed by atoms with E-state index in [-0.39, 0.29) is 11.7 Å². The average molecular weight is 315 g/mol. The zero-order valence-corrected chi connectivity index (χ0v) is 11.8. The molecule has 0 saturated carbocycles. The molecule has 0 spiro atoms. The normalized spacial score (nSPS) is 11.4. The summed E-state index contributed by atoms with van der Waals surface area (Å²) in [4.78, 5) is 15.3. The summed E-state index contributed by atoms with van der Waals surface area (Å²) < 4.78 is 39.7. The van der Waals surface area contributed by atoms with Crippen LogP contribution in [0.5, 0.6) is 0 Å². The van der Waals surface area contributed by atoms with Crippen molar-refractivity contribution in [3.8, 4) is 5.69 Å². The highest BCUT2D eigenvalue weighted by molar-refractivity contribution is 7.99. The van der Waals surface area contributed by atoms with Gasteiger partial charge in [-0.15, -0.1) is 0 Å². The number of imidazole rings is 1. The smallest absolute Gasteiger partial charge is 0.358 e. The summed E-state index contributed by atoms with van der Waals surface area (Å²) in [5, 5.41) is 2.93. The fourth-order valence-corrected chi connectivity index (χ4v) is 2.47. The molecule has 0 aliphatic rings. The Labute approximate surface area is 123 Å². The first kappa shape index (κ1) is 15.4. The summed E-state index contributed by atoms with van der Waals surface area (Å²) in [7, 11) is 1.52. The van der Waals surface area contributed by atoms with Crippen LogP contribution >= 0.6 is 11.8 Å². The van der Waals surface area contributed by atoms with E-state index in [1.54, 1.807) is 12.3 Å². The van der Waals surface area contributed by atoms with E-state index in [0.717, 1.165) is 23.9 Å². The number of carbonyl (C=O) groups excluding carboxylic acids is 1. The molecule has 0 atom stereocenters. The van der Waals surface area contributed by atoms with Gasteiger partial charge in [0, 0.05) is 25.1 Å². The molecule has 0 bridgehead atoms. The first-order valence-electron chi connectivity index (χ1n) is 5.96. The second-order valence-electron chi connectivity index (χ2n) is 4.09. The minimum Gasteiger partial charge on any atom is -0.358 e. The molecule has 1 N–H and O–H groups in total. The minimum atomic E-state index is -4.40. The lowest BCUT2D eigenvalue weighted by molar-refractivity contribution is -0.137. The fraction of sp³-hybridized carbons (Fsp3) is 0.231. The van der Waals surface area contributed by atoms with Crippen molar-refractivity contribution in [1.29, 1.82) is 0 Å². The molecule has 21 heavy (non-hydrogen) atoms. The summed E-state index contributed by atoms with van der Waals surface area (Å²) in [6.45, 7) is 0. The zero-order chi connectivity index (χ0) is 15.5. The van der Waals surface area contributed by atoms with Gasteiger partial charge in [-0.1, -0.05) is 17.8 Å². The number of rotatable bonds is 4. The largest absolute Gasteiger partial charge is 0.416 e. The highest BCUT2D eigenvalue weighted by Gasteiger charge is 2.30. The third-order valence-electron chi connectivity index (χ3n) is 2.67. The number of hydrogen-bond donors (Lipinski definition) is 1. The van der Waals surface area contributed by atoms with E-state index in [0.29, 0.717) is 10.8 Å². The van der Waals surface area contributed by atoms with Crippen LogP contribution in [-0.4, -0.2) is 28.3 Å². The lowest BCUT2D eigenvalue weighted by Crippen LogP contribution is -2.20. The SMILES string of the molecule is CNC(=O)CSc1nccn1-c1cccc(C(F)(F)F)c1. The molecule has 0 radical (unpaired) electrons. The van der Waals surface area contributed by atoms with Crippen LogP contribution in [0.4, 0.5) is 13.2 Å². The number of nitrogens with zero attached hydrogens (tertiary/aromatic N) is 2. The highest BCUT2D eigenvalue weighted by atomic mass is 32.2. The second kappa shape index (κ2) is 6.21. The molecular weight excluding hydrogens is 303 g/mol. The number of alkyl halides is 3. The number of nitrogens with one attached hydrogen (secondary N) is 1. The van der Waals surface area contributed by atoms with Crippen LogP contribution in [-0.2, 0) is 11.0 Å². The van der Waals surface area contributed by atoms with Gasteiger partial charge in [0.15, 0.2) is 5.16 Å². The number of halogens is 3. The van der Waals surface area contributed by atoms with Crippen molar-refractivity contribution in [3.63, 3.8) is 0 Å². The van der Waals surface area contributed by atoms with Crippen molar-refractivity contribution in [3.05, 3.63) is 42.2 Å². The number of hydrogen-bond acceptors (Lipinski definition) is 3. The van der Waals surface area contributed by atoms with Gasteiger partial charge in [0.2, 0.25) is 5.91 Å². The van der Waals surface area contributed by atoms with E-state index in [2.05, 4.69) is 10.3 Å². The van der Waals surface area contributed by atoms with E-state index in [1.165, 1.54) is 23.9 Å². The van der Waals surface area contributed by atoms with Crippen molar-refractivity contribution in [2.75, 3.05) is 12.8 Å². The summed E-state index contributed by atoms with van der Waals surface area (Å²) in [6.07, 6.45) is -1.36. The summed E-state index contributed by atoms with van der Waals surface area (Å²) >= 11 is 1.15. The summed E-state index contributed by atoms with van der Waals surface area (Å²) in [5.74, 6) is -0.0365. The molecule has 1 heterocycles. The third kappa shape index (κ3) is 3.78. The van der Waals surface area contributed by atoms with E-state index in [1.807, 2.05) is 0 Å². The summed E-state index contributed by atoms with van der Waals surface area (Å²) in [6, 6.07) is 4.95. The van der Waals surface area contributed by atoms with E-state index < -0.39 is 11.7 Å². The molecule has 8 heteroatoms. The molecule has 112 valence electrons. The van der Waals surface area contributed by atoms with E-state index >= 15 is 0 Å². The van der Waals surface area contributed by atoms with Gasteiger partial charge in [0.25, 0.3) is 0 Å². The van der Waals surface area contributed by atoms with Gasteiger partial charge in [0.05, 0.1) is 11.3 Å². The van der Waals surface area contributed by atoms with Gasteiger partial charge in [0.1, 0.15) is 0 Å². The fourth-order valence-electron chi connectivity index (χ4n) is 1.63. The zero-order valence-electron chi connectivity index (χ0n) is 11.0. The van der Waals surface area contributed by atoms with Gasteiger partial charge in [-0.3, -0.25) is 9.36 Å². The first-order chi connectivity index (χ1) is 9.91. The minimum absolute atomic E-state index is 0.145. The topological polar surface area (TPSA) is 46.9 Å². The molecule has 2 aromatic rings. The number of benzene rings is 1. The molecule has 1 aromatic carbocycles. The highest BCUT2D eigenvalue weighted by Crippen LogP contribution is 2.31. The average Bonchev–Trinajstić information content (AvgIpc) is 2.92. The van der Waals surface area contributed by atoms with E-state index in [9.17, 15) is 18.0 Å². The Morgan fingerprint density at radius 3 is 2.86 bits per heavy atom. The Morgan fingerprint density at radius 1 is 1.43 bits per heavy atom. The molecule has 0 aliphatic heterocycles. The first-order valence-corrected chi connectivity index (χ1v) is 6.94. The maximum absolute atomic E-state index is 12.7. The van der Waals surface area contributed by atoms with Crippen LogP contribution in [0.15, 0.2) is 41.8 Å². The van der Waals surface area contributed by atoms with Crippen LogP contribution in [0.1, 0.15) is 5.56 Å². The van der Waals surface area contributed by atoms with Gasteiger partial charge in [-0.25, -0.2) is 4.98 Å². The van der Waals surface area contributed by atoms with Crippen molar-refractivity contribution in [2.24, 2.45) is 0 Å². The molecule has 1 amide bonds. The van der Waals surface area contributed by atoms with Crippen LogP contribution in [0, 0.1) is 0 Å². The van der Waals surface area contributed by atoms with Gasteiger partial charge in [-0.2, -0.15) is 13.2 Å². The van der Waals surface area contributed by atoms with Gasteiger partial charge >= 0.3 is 6.18 Å². The second-order valence-corrected chi connectivity index (χ2v) is 5.03.